The summed E-state index contributed by atoms with van der Waals surface area (Å²) in [5.41, 5.74) is 4.00. The summed E-state index contributed by atoms with van der Waals surface area (Å²) in [6.07, 6.45) is 1.54. The van der Waals surface area contributed by atoms with Crippen LogP contribution in [0.15, 0.2) is 59.1 Å². The second-order valence-electron chi connectivity index (χ2n) is 7.18. The molecule has 1 aliphatic heterocycles. The number of anilines is 1. The Morgan fingerprint density at radius 3 is 2.79 bits per heavy atom. The van der Waals surface area contributed by atoms with Gasteiger partial charge in [0.2, 0.25) is 0 Å². The Morgan fingerprint density at radius 2 is 1.97 bits per heavy atom. The highest BCUT2D eigenvalue weighted by Crippen LogP contribution is 2.34. The van der Waals surface area contributed by atoms with Gasteiger partial charge in [0.1, 0.15) is 5.82 Å². The average Bonchev–Trinajstić information content (AvgIpc) is 3.14. The average molecular weight is 387 g/mol. The molecule has 0 N–H and O–H groups in total. The van der Waals surface area contributed by atoms with Crippen LogP contribution < -0.4 is 4.90 Å². The molecule has 1 amide bonds. The van der Waals surface area contributed by atoms with Gasteiger partial charge in [-0.25, -0.2) is 9.37 Å². The maximum atomic E-state index is 14.6. The second-order valence-corrected chi connectivity index (χ2v) is 7.18. The van der Waals surface area contributed by atoms with Crippen molar-refractivity contribution in [3.63, 3.8) is 0 Å². The van der Waals surface area contributed by atoms with Crippen LogP contribution in [-0.4, -0.2) is 22.6 Å². The summed E-state index contributed by atoms with van der Waals surface area (Å²) in [7, 11) is 0. The van der Waals surface area contributed by atoms with Crippen LogP contribution in [0.3, 0.4) is 0 Å². The van der Waals surface area contributed by atoms with Crippen LogP contribution in [0.4, 0.5) is 10.1 Å². The topological polar surface area (TPSA) is 59.2 Å². The van der Waals surface area contributed by atoms with E-state index in [0.717, 1.165) is 24.0 Å². The van der Waals surface area contributed by atoms with Gasteiger partial charge in [-0.2, -0.15) is 0 Å². The molecule has 4 aromatic rings. The van der Waals surface area contributed by atoms with Crippen LogP contribution in [0.1, 0.15) is 28.0 Å². The molecule has 0 saturated heterocycles. The van der Waals surface area contributed by atoms with Gasteiger partial charge in [-0.1, -0.05) is 47.6 Å². The number of hydrogen-bond acceptors (Lipinski definition) is 4. The van der Waals surface area contributed by atoms with Crippen molar-refractivity contribution in [3.05, 3.63) is 77.2 Å². The smallest absolute Gasteiger partial charge is 0.259 e. The van der Waals surface area contributed by atoms with E-state index in [1.807, 2.05) is 36.4 Å². The summed E-state index contributed by atoms with van der Waals surface area (Å²) in [5, 5.41) is 4.57. The molecular weight excluding hydrogens is 369 g/mol. The van der Waals surface area contributed by atoms with E-state index in [9.17, 15) is 9.18 Å². The number of hydrogen-bond donors (Lipinski definition) is 0. The minimum atomic E-state index is -0.383. The summed E-state index contributed by atoms with van der Waals surface area (Å²) in [6, 6.07) is 16.3. The Hall–Kier alpha value is -3.54. The van der Waals surface area contributed by atoms with Crippen molar-refractivity contribution in [3.8, 4) is 11.3 Å². The fourth-order valence-electron chi connectivity index (χ4n) is 3.97. The van der Waals surface area contributed by atoms with Crippen LogP contribution in [0.25, 0.3) is 22.4 Å². The lowest BCUT2D eigenvalue weighted by Crippen LogP contribution is -2.36. The highest BCUT2D eigenvalue weighted by atomic mass is 19.1. The molecule has 2 aromatic carbocycles. The predicted octanol–water partition coefficient (Wildman–Crippen LogP) is 4.93. The van der Waals surface area contributed by atoms with E-state index in [-0.39, 0.29) is 11.7 Å². The zero-order chi connectivity index (χ0) is 20.0. The van der Waals surface area contributed by atoms with E-state index in [0.29, 0.717) is 40.3 Å². The minimum Gasteiger partial charge on any atom is -0.335 e. The monoisotopic (exact) mass is 387 g/mol. The number of aryl methyl sites for hydroxylation is 2. The van der Waals surface area contributed by atoms with Gasteiger partial charge in [0.25, 0.3) is 11.6 Å². The van der Waals surface area contributed by atoms with Crippen molar-refractivity contribution in [1.29, 1.82) is 0 Å². The first-order valence-electron chi connectivity index (χ1n) is 9.55. The zero-order valence-electron chi connectivity index (χ0n) is 15.9. The number of amides is 1. The molecule has 0 saturated carbocycles. The Balaban J connectivity index is 1.69. The SMILES string of the molecule is Cc1noc2nc(-c3ccccc3)cc(C(=O)N3CCCc4cccc(F)c43)c12. The van der Waals surface area contributed by atoms with E-state index in [1.165, 1.54) is 11.0 Å². The van der Waals surface area contributed by atoms with E-state index < -0.39 is 0 Å². The molecule has 1 aliphatic rings. The number of para-hydroxylation sites is 1. The van der Waals surface area contributed by atoms with Gasteiger partial charge in [-0.15, -0.1) is 0 Å². The Morgan fingerprint density at radius 1 is 1.14 bits per heavy atom. The fraction of sp³-hybridized carbons (Fsp3) is 0.174. The summed E-state index contributed by atoms with van der Waals surface area (Å²) in [4.78, 5) is 19.7. The molecule has 0 atom stereocenters. The first-order chi connectivity index (χ1) is 14.1. The largest absolute Gasteiger partial charge is 0.335 e. The van der Waals surface area contributed by atoms with E-state index >= 15 is 0 Å². The molecule has 5 rings (SSSR count). The number of carbonyl (C=O) groups is 1. The number of aromatic nitrogens is 2. The van der Waals surface area contributed by atoms with Crippen molar-refractivity contribution in [2.45, 2.75) is 19.8 Å². The van der Waals surface area contributed by atoms with E-state index in [4.69, 9.17) is 4.52 Å². The zero-order valence-corrected chi connectivity index (χ0v) is 15.9. The number of halogens is 1. The molecule has 6 heteroatoms. The molecule has 5 nitrogen and oxygen atoms in total. The highest BCUT2D eigenvalue weighted by molar-refractivity contribution is 6.14. The molecule has 0 unspecified atom stereocenters. The summed E-state index contributed by atoms with van der Waals surface area (Å²) < 4.78 is 20.0. The number of nitrogens with zero attached hydrogens (tertiary/aromatic N) is 3. The highest BCUT2D eigenvalue weighted by Gasteiger charge is 2.29. The molecule has 0 bridgehead atoms. The van der Waals surface area contributed by atoms with Gasteiger partial charge in [0, 0.05) is 12.1 Å². The maximum absolute atomic E-state index is 14.6. The lowest BCUT2D eigenvalue weighted by Gasteiger charge is -2.30. The summed E-state index contributed by atoms with van der Waals surface area (Å²) in [6.45, 7) is 2.23. The molecule has 2 aromatic heterocycles. The van der Waals surface area contributed by atoms with E-state index in [1.54, 1.807) is 19.1 Å². The molecule has 0 fully saturated rings. The minimum absolute atomic E-state index is 0.271. The number of carbonyl (C=O) groups excluding carboxylic acids is 1. The van der Waals surface area contributed by atoms with Crippen LogP contribution >= 0.6 is 0 Å². The van der Waals surface area contributed by atoms with Crippen molar-refractivity contribution in [1.82, 2.24) is 10.1 Å². The van der Waals surface area contributed by atoms with Gasteiger partial charge >= 0.3 is 0 Å². The Bertz CT molecular complexity index is 1230. The van der Waals surface area contributed by atoms with Crippen molar-refractivity contribution >= 4 is 22.7 Å². The Labute approximate surface area is 166 Å². The van der Waals surface area contributed by atoms with Crippen LogP contribution in [0, 0.1) is 12.7 Å². The predicted molar refractivity (Wildman–Crippen MR) is 108 cm³/mol. The van der Waals surface area contributed by atoms with Gasteiger partial charge in [-0.3, -0.25) is 4.79 Å². The summed E-state index contributed by atoms with van der Waals surface area (Å²) >= 11 is 0. The molecule has 3 heterocycles. The fourth-order valence-corrected chi connectivity index (χ4v) is 3.97. The van der Waals surface area contributed by atoms with Gasteiger partial charge < -0.3 is 9.42 Å². The molecular formula is C23H18FN3O2. The van der Waals surface area contributed by atoms with E-state index in [2.05, 4.69) is 10.1 Å². The lowest BCUT2D eigenvalue weighted by atomic mass is 9.99. The number of fused-ring (bicyclic) bond motifs is 2. The molecule has 144 valence electrons. The maximum Gasteiger partial charge on any atom is 0.259 e. The first kappa shape index (κ1) is 17.6. The van der Waals surface area contributed by atoms with Crippen LogP contribution in [0.2, 0.25) is 0 Å². The lowest BCUT2D eigenvalue weighted by molar-refractivity contribution is 0.0985. The normalized spacial score (nSPS) is 13.5. The van der Waals surface area contributed by atoms with Crippen LogP contribution in [-0.2, 0) is 6.42 Å². The van der Waals surface area contributed by atoms with Gasteiger partial charge in [0.05, 0.1) is 28.0 Å². The van der Waals surface area contributed by atoms with Gasteiger partial charge in [-0.05, 0) is 37.5 Å². The third-order valence-corrected chi connectivity index (χ3v) is 5.33. The molecule has 0 spiro atoms. The quantitative estimate of drug-likeness (QED) is 0.489. The van der Waals surface area contributed by atoms with Crippen molar-refractivity contribution in [2.75, 3.05) is 11.4 Å². The van der Waals surface area contributed by atoms with Gasteiger partial charge in [0.15, 0.2) is 0 Å². The molecule has 0 radical (unpaired) electrons. The first-order valence-corrected chi connectivity index (χ1v) is 9.55. The Kier molecular flexibility index (Phi) is 4.12. The third-order valence-electron chi connectivity index (χ3n) is 5.33. The molecule has 29 heavy (non-hydrogen) atoms. The molecule has 0 aliphatic carbocycles. The second kappa shape index (κ2) is 6.81. The number of rotatable bonds is 2. The standard InChI is InChI=1S/C23H18FN3O2/c1-14-20-17(13-19(25-22(20)29-26-14)15-7-3-2-4-8-15)23(28)27-12-6-10-16-9-5-11-18(24)21(16)27/h2-5,7-9,11,13H,6,10,12H2,1H3. The van der Waals surface area contributed by atoms with Crippen molar-refractivity contribution in [2.24, 2.45) is 0 Å². The summed E-state index contributed by atoms with van der Waals surface area (Å²) in [5.74, 6) is -0.655. The van der Waals surface area contributed by atoms with Crippen LogP contribution in [0.5, 0.6) is 0 Å². The number of pyridine rings is 1. The third kappa shape index (κ3) is 2.88. The number of benzene rings is 2. The van der Waals surface area contributed by atoms with Crippen molar-refractivity contribution < 1.29 is 13.7 Å².